The van der Waals surface area contributed by atoms with Crippen LogP contribution in [0.3, 0.4) is 0 Å². The number of nitrogens with zero attached hydrogens (tertiary/aromatic N) is 1. The van der Waals surface area contributed by atoms with Crippen molar-refractivity contribution in [2.45, 2.75) is 40.7 Å². The van der Waals surface area contributed by atoms with Crippen molar-refractivity contribution in [1.82, 2.24) is 4.90 Å². The summed E-state index contributed by atoms with van der Waals surface area (Å²) < 4.78 is 0. The summed E-state index contributed by atoms with van der Waals surface area (Å²) in [5.41, 5.74) is 0. The van der Waals surface area contributed by atoms with E-state index in [0.717, 1.165) is 12.0 Å². The molecule has 0 N–H and O–H groups in total. The molecular weight excluding hydrogens is 122 g/mol. The minimum absolute atomic E-state index is 0. The Hall–Kier alpha value is -0.0400. The molecule has 1 saturated heterocycles. The lowest BCUT2D eigenvalue weighted by molar-refractivity contribution is 0.267. The highest BCUT2D eigenvalue weighted by molar-refractivity contribution is 4.74. The van der Waals surface area contributed by atoms with Crippen LogP contribution in [0.4, 0.5) is 0 Å². The molecule has 1 atom stereocenters. The van der Waals surface area contributed by atoms with Gasteiger partial charge in [-0.15, -0.1) is 0 Å². The fourth-order valence-corrected chi connectivity index (χ4v) is 1.44. The monoisotopic (exact) mass is 143 g/mol. The lowest BCUT2D eigenvalue weighted by Gasteiger charge is -2.19. The van der Waals surface area contributed by atoms with Gasteiger partial charge in [0.05, 0.1) is 0 Å². The smallest absolute Gasteiger partial charge is 0.00387 e. The summed E-state index contributed by atoms with van der Waals surface area (Å²) in [5, 5.41) is 0. The number of hydrogen-bond donors (Lipinski definition) is 0. The molecular formula is C9H21N. The van der Waals surface area contributed by atoms with E-state index in [1.807, 2.05) is 0 Å². The van der Waals surface area contributed by atoms with E-state index in [2.05, 4.69) is 25.7 Å². The predicted molar refractivity (Wildman–Crippen MR) is 47.2 cm³/mol. The highest BCUT2D eigenvalue weighted by atomic mass is 15.2. The minimum atomic E-state index is 0. The van der Waals surface area contributed by atoms with Gasteiger partial charge in [-0.25, -0.2) is 0 Å². The molecule has 0 amide bonds. The second-order valence-corrected chi connectivity index (χ2v) is 3.48. The van der Waals surface area contributed by atoms with Crippen molar-refractivity contribution in [2.24, 2.45) is 5.92 Å². The van der Waals surface area contributed by atoms with Gasteiger partial charge in [-0.1, -0.05) is 14.4 Å². The second kappa shape index (κ2) is 3.97. The zero-order chi connectivity index (χ0) is 6.85. The van der Waals surface area contributed by atoms with Crippen molar-refractivity contribution >= 4 is 0 Å². The first kappa shape index (κ1) is 9.96. The maximum Gasteiger partial charge on any atom is 0.00387 e. The molecule has 1 fully saturated rings. The summed E-state index contributed by atoms with van der Waals surface area (Å²) >= 11 is 0. The quantitative estimate of drug-likeness (QED) is 0.544. The summed E-state index contributed by atoms with van der Waals surface area (Å²) in [6.45, 7) is 9.52. The molecule has 1 aliphatic rings. The van der Waals surface area contributed by atoms with E-state index >= 15 is 0 Å². The first-order valence-corrected chi connectivity index (χ1v) is 3.94. The van der Waals surface area contributed by atoms with Gasteiger partial charge in [-0.3, -0.25) is 0 Å². The molecule has 1 heteroatoms. The third kappa shape index (κ3) is 2.30. The van der Waals surface area contributed by atoms with Crippen molar-refractivity contribution < 1.29 is 0 Å². The van der Waals surface area contributed by atoms with Gasteiger partial charge < -0.3 is 4.90 Å². The minimum Gasteiger partial charge on any atom is -0.301 e. The predicted octanol–water partition coefficient (Wildman–Crippen LogP) is 2.37. The van der Waals surface area contributed by atoms with Crippen molar-refractivity contribution in [2.75, 3.05) is 13.1 Å². The van der Waals surface area contributed by atoms with Crippen LogP contribution < -0.4 is 0 Å². The molecule has 1 heterocycles. The summed E-state index contributed by atoms with van der Waals surface area (Å²) in [5.74, 6) is 0.937. The topological polar surface area (TPSA) is 3.24 Å². The summed E-state index contributed by atoms with van der Waals surface area (Å²) in [7, 11) is 0. The van der Waals surface area contributed by atoms with E-state index < -0.39 is 0 Å². The van der Waals surface area contributed by atoms with Gasteiger partial charge >= 0.3 is 0 Å². The Bertz CT molecular complexity index is 88.7. The van der Waals surface area contributed by atoms with E-state index in [0.29, 0.717) is 0 Å². The lowest BCUT2D eigenvalue weighted by Crippen LogP contribution is -2.27. The maximum absolute atomic E-state index is 2.55. The molecule has 0 aliphatic carbocycles. The molecule has 0 aromatic rings. The van der Waals surface area contributed by atoms with E-state index in [-0.39, 0.29) is 7.43 Å². The molecule has 10 heavy (non-hydrogen) atoms. The third-order valence-corrected chi connectivity index (χ3v) is 2.19. The molecule has 1 rings (SSSR count). The Morgan fingerprint density at radius 1 is 1.40 bits per heavy atom. The normalized spacial score (nSPS) is 27.0. The average Bonchev–Trinajstić information content (AvgIpc) is 2.14. The van der Waals surface area contributed by atoms with Crippen LogP contribution >= 0.6 is 0 Å². The number of likely N-dealkylation sites (tertiary alicyclic amines) is 1. The van der Waals surface area contributed by atoms with E-state index in [1.165, 1.54) is 19.5 Å². The second-order valence-electron chi connectivity index (χ2n) is 3.48. The third-order valence-electron chi connectivity index (χ3n) is 2.19. The van der Waals surface area contributed by atoms with Crippen molar-refractivity contribution in [3.63, 3.8) is 0 Å². The van der Waals surface area contributed by atoms with Crippen molar-refractivity contribution in [3.8, 4) is 0 Å². The standard InChI is InChI=1S/C8H17N.CH4/c1-7(2)9-5-4-8(3)6-9;/h7-8H,4-6H2,1-3H3;1H4. The van der Waals surface area contributed by atoms with E-state index in [9.17, 15) is 0 Å². The lowest BCUT2D eigenvalue weighted by atomic mass is 10.2. The van der Waals surface area contributed by atoms with E-state index in [4.69, 9.17) is 0 Å². The fourth-order valence-electron chi connectivity index (χ4n) is 1.44. The molecule has 62 valence electrons. The van der Waals surface area contributed by atoms with Crippen LogP contribution in [0.15, 0.2) is 0 Å². The highest BCUT2D eigenvalue weighted by Crippen LogP contribution is 2.16. The van der Waals surface area contributed by atoms with E-state index in [1.54, 1.807) is 0 Å². The zero-order valence-electron chi connectivity index (χ0n) is 6.72. The van der Waals surface area contributed by atoms with Gasteiger partial charge in [0.25, 0.3) is 0 Å². The summed E-state index contributed by atoms with van der Waals surface area (Å²) in [4.78, 5) is 2.55. The van der Waals surface area contributed by atoms with Gasteiger partial charge in [-0.2, -0.15) is 0 Å². The summed E-state index contributed by atoms with van der Waals surface area (Å²) in [6.07, 6.45) is 1.40. The Morgan fingerprint density at radius 3 is 2.20 bits per heavy atom. The number of rotatable bonds is 1. The van der Waals surface area contributed by atoms with Crippen molar-refractivity contribution in [3.05, 3.63) is 0 Å². The molecule has 0 aromatic carbocycles. The fraction of sp³-hybridized carbons (Fsp3) is 1.00. The van der Waals surface area contributed by atoms with Crippen LogP contribution in [-0.2, 0) is 0 Å². The van der Waals surface area contributed by atoms with Gasteiger partial charge in [0.1, 0.15) is 0 Å². The van der Waals surface area contributed by atoms with Crippen LogP contribution in [0.2, 0.25) is 0 Å². The highest BCUT2D eigenvalue weighted by Gasteiger charge is 2.19. The summed E-state index contributed by atoms with van der Waals surface area (Å²) in [6, 6.07) is 0.759. The Labute approximate surface area is 65.4 Å². The molecule has 0 aromatic heterocycles. The maximum atomic E-state index is 2.55. The zero-order valence-corrected chi connectivity index (χ0v) is 6.72. The van der Waals surface area contributed by atoms with Crippen LogP contribution in [-0.4, -0.2) is 24.0 Å². The van der Waals surface area contributed by atoms with Gasteiger partial charge in [0, 0.05) is 12.6 Å². The average molecular weight is 143 g/mol. The molecule has 0 spiro atoms. The molecule has 1 aliphatic heterocycles. The van der Waals surface area contributed by atoms with Gasteiger partial charge in [0.2, 0.25) is 0 Å². The van der Waals surface area contributed by atoms with Gasteiger partial charge in [0.15, 0.2) is 0 Å². The molecule has 0 saturated carbocycles. The Balaban J connectivity index is 0.000000810. The molecule has 0 radical (unpaired) electrons. The van der Waals surface area contributed by atoms with Crippen LogP contribution in [0.1, 0.15) is 34.6 Å². The van der Waals surface area contributed by atoms with Crippen LogP contribution in [0.5, 0.6) is 0 Å². The Kier molecular flexibility index (Phi) is 3.95. The van der Waals surface area contributed by atoms with Gasteiger partial charge in [-0.05, 0) is 32.7 Å². The largest absolute Gasteiger partial charge is 0.301 e. The van der Waals surface area contributed by atoms with Crippen LogP contribution in [0, 0.1) is 5.92 Å². The van der Waals surface area contributed by atoms with Crippen molar-refractivity contribution in [1.29, 1.82) is 0 Å². The molecule has 1 unspecified atom stereocenters. The first-order valence-electron chi connectivity index (χ1n) is 3.94. The number of hydrogen-bond acceptors (Lipinski definition) is 1. The Morgan fingerprint density at radius 2 is 2.00 bits per heavy atom. The first-order chi connectivity index (χ1) is 4.20. The SMILES string of the molecule is C.CC1CCN(C(C)C)C1. The van der Waals surface area contributed by atoms with Crippen LogP contribution in [0.25, 0.3) is 0 Å². The molecule has 1 nitrogen and oxygen atoms in total. The molecule has 0 bridgehead atoms.